The number of fused-ring (bicyclic) bond motifs is 6. The van der Waals surface area contributed by atoms with Crippen LogP contribution >= 0.6 is 11.6 Å². The number of carboxylic acids is 1. The van der Waals surface area contributed by atoms with E-state index in [0.29, 0.717) is 70.6 Å². The van der Waals surface area contributed by atoms with Crippen LogP contribution in [-0.2, 0) is 52.2 Å². The van der Waals surface area contributed by atoms with Crippen molar-refractivity contribution < 1.29 is 82.9 Å². The lowest BCUT2D eigenvalue weighted by Crippen LogP contribution is -2.61. The number of carbonyl (C=O) groups is 2. The highest BCUT2D eigenvalue weighted by atomic mass is 35.5. The summed E-state index contributed by atoms with van der Waals surface area (Å²) < 4.78 is 58.8. The predicted octanol–water partition coefficient (Wildman–Crippen LogP) is 5.52. The van der Waals surface area contributed by atoms with Crippen molar-refractivity contribution in [3.05, 3.63) is 36.5 Å². The maximum atomic E-state index is 13.9. The molecule has 3 spiro atoms. The van der Waals surface area contributed by atoms with E-state index >= 15 is 0 Å². The molecule has 0 radical (unpaired) electrons. The van der Waals surface area contributed by atoms with E-state index in [2.05, 4.69) is 6.92 Å². The van der Waals surface area contributed by atoms with Gasteiger partial charge in [-0.05, 0) is 82.6 Å². The van der Waals surface area contributed by atoms with E-state index in [-0.39, 0.29) is 56.5 Å². The van der Waals surface area contributed by atoms with Crippen molar-refractivity contribution >= 4 is 23.5 Å². The minimum Gasteiger partial charge on any atom is -0.479 e. The number of methoxy groups -OCH3 is 2. The first-order valence-electron chi connectivity index (χ1n) is 25.9. The van der Waals surface area contributed by atoms with Crippen molar-refractivity contribution in [3.8, 4) is 0 Å². The Morgan fingerprint density at radius 1 is 0.814 bits per heavy atom. The number of hydrogen-bond donors (Lipinski definition) is 6. The molecule has 1 unspecified atom stereocenters. The van der Waals surface area contributed by atoms with Gasteiger partial charge in [-0.2, -0.15) is 0 Å². The fourth-order valence-electron chi connectivity index (χ4n) is 11.8. The number of carboxylic acid groups (broad SMARTS) is 1. The molecule has 7 aliphatic heterocycles. The van der Waals surface area contributed by atoms with Crippen LogP contribution in [0.3, 0.4) is 0 Å². The standard InChI is InChI=1S/C52H81ClO17/c1-30-18-21-50-23-20-40(62-4)48(69-50)47(59)46(58)31(2)16-17-39-45(53)43(63-5)28-51(66-39)22-19-32(3)52(70-51)29-42(38(68-52)15-10-8-6-7-9-14-37(56)49(60)61)65-44(57)27-36-13-11-12-35(64-36)25-33(54)24-34(55)26-41(30)67-50/h7-10,18,21,30-43,45-48,54-56,58-59H,6,11-17,19-20,22-29H2,1-5H3,(H,60,61)/b9-7-,10-8+/t30-,31-,32-,33-,34-,35-,36+,37?,38-,39+,40-,41+,42-,43+,45+,46-,47-,48-,50-,51+,52+/m0/s1. The molecule has 398 valence electrons. The molecule has 0 aromatic rings. The molecule has 6 saturated heterocycles. The number of aliphatic hydroxyl groups excluding tert-OH is 5. The van der Waals surface area contributed by atoms with Gasteiger partial charge >= 0.3 is 11.9 Å². The highest BCUT2D eigenvalue weighted by molar-refractivity contribution is 6.21. The lowest BCUT2D eigenvalue weighted by atomic mass is 9.82. The Hall–Kier alpha value is -2.07. The van der Waals surface area contributed by atoms with E-state index in [1.165, 1.54) is 0 Å². The van der Waals surface area contributed by atoms with Crippen LogP contribution in [-0.4, -0.2) is 165 Å². The quantitative estimate of drug-likeness (QED) is 0.0947. The first-order valence-corrected chi connectivity index (χ1v) is 26.4. The van der Waals surface area contributed by atoms with Gasteiger partial charge in [0.15, 0.2) is 23.5 Å². The molecule has 7 heterocycles. The van der Waals surface area contributed by atoms with Crippen LogP contribution in [0.1, 0.15) is 136 Å². The summed E-state index contributed by atoms with van der Waals surface area (Å²) in [6.07, 6.45) is 7.36. The zero-order valence-electron chi connectivity index (χ0n) is 41.6. The number of alkyl halides is 1. The van der Waals surface area contributed by atoms with Crippen molar-refractivity contribution in [1.29, 1.82) is 0 Å². The van der Waals surface area contributed by atoms with Crippen LogP contribution in [0.5, 0.6) is 0 Å². The Labute approximate surface area is 418 Å². The largest absolute Gasteiger partial charge is 0.479 e. The van der Waals surface area contributed by atoms with Crippen LogP contribution in [0.2, 0.25) is 0 Å². The molecular weight excluding hydrogens is 932 g/mol. The fourth-order valence-corrected chi connectivity index (χ4v) is 12.1. The van der Waals surface area contributed by atoms with Crippen molar-refractivity contribution in [2.45, 2.75) is 245 Å². The Bertz CT molecular complexity index is 1800. The highest BCUT2D eigenvalue weighted by Crippen LogP contribution is 2.53. The van der Waals surface area contributed by atoms with Gasteiger partial charge in [0.2, 0.25) is 0 Å². The van der Waals surface area contributed by atoms with Crippen molar-refractivity contribution in [1.82, 2.24) is 0 Å². The predicted molar refractivity (Wildman–Crippen MR) is 254 cm³/mol. The molecule has 17 nitrogen and oxygen atoms in total. The second-order valence-corrected chi connectivity index (χ2v) is 21.9. The van der Waals surface area contributed by atoms with Crippen LogP contribution in [0.4, 0.5) is 0 Å². The molecule has 7 rings (SSSR count). The van der Waals surface area contributed by atoms with Crippen LogP contribution in [0, 0.1) is 17.8 Å². The minimum atomic E-state index is -1.47. The number of aliphatic hydroxyl groups is 5. The second kappa shape index (κ2) is 24.5. The van der Waals surface area contributed by atoms with Gasteiger partial charge in [-0.1, -0.05) is 51.2 Å². The number of esters is 1. The molecule has 9 bridgehead atoms. The number of rotatable bonds is 9. The van der Waals surface area contributed by atoms with Crippen molar-refractivity contribution in [2.75, 3.05) is 14.2 Å². The first kappa shape index (κ1) is 55.7. The summed E-state index contributed by atoms with van der Waals surface area (Å²) in [5.74, 6) is -5.95. The van der Waals surface area contributed by atoms with Crippen LogP contribution < -0.4 is 0 Å². The van der Waals surface area contributed by atoms with Crippen LogP contribution in [0.15, 0.2) is 36.5 Å². The monoisotopic (exact) mass is 1010 g/mol. The molecule has 0 amide bonds. The molecule has 18 heteroatoms. The molecule has 6 N–H and O–H groups in total. The Balaban J connectivity index is 1.13. The third-order valence-electron chi connectivity index (χ3n) is 16.1. The molecular formula is C52H81ClO17. The van der Waals surface area contributed by atoms with Gasteiger partial charge in [0.05, 0.1) is 66.7 Å². The molecule has 21 atom stereocenters. The fraction of sp³-hybridized carbons (Fsp3) is 0.846. The van der Waals surface area contributed by atoms with E-state index in [1.54, 1.807) is 26.4 Å². The lowest BCUT2D eigenvalue weighted by molar-refractivity contribution is -0.413. The summed E-state index contributed by atoms with van der Waals surface area (Å²) in [4.78, 5) is 24.9. The summed E-state index contributed by atoms with van der Waals surface area (Å²) in [6.45, 7) is 5.92. The molecule has 6 fully saturated rings. The number of ether oxygens (including phenoxy) is 9. The first-order chi connectivity index (χ1) is 33.4. The van der Waals surface area contributed by atoms with Crippen molar-refractivity contribution in [3.63, 3.8) is 0 Å². The number of hydrogen-bond acceptors (Lipinski definition) is 16. The maximum Gasteiger partial charge on any atom is 0.332 e. The SMILES string of the molecule is CO[C@H]1CC[C@]23C=C[C@H](C)[C@@H](C[C@@H](O)C[C@H](O)C[C@@H]4CCC[C@H](CC(=O)O[C@H]5C[C@@]6(O[C@H]5C/C=C/C/C=C\CC(O)C(=O)O)O[C@]5(CC[C@@H]6C)C[C@@H](OC)[C@H](Cl)[C@@H](CC[C@H](C)[C@H](O)[C@H](O)[C@H]1O2)O5)O4)O3. The molecule has 7 aliphatic rings. The van der Waals surface area contributed by atoms with Crippen LogP contribution in [0.25, 0.3) is 0 Å². The van der Waals surface area contributed by atoms with Crippen molar-refractivity contribution in [2.24, 2.45) is 17.8 Å². The van der Waals surface area contributed by atoms with E-state index in [0.717, 1.165) is 6.42 Å². The molecule has 0 aliphatic carbocycles. The van der Waals surface area contributed by atoms with E-state index < -0.39 is 120 Å². The maximum absolute atomic E-state index is 13.9. The smallest absolute Gasteiger partial charge is 0.332 e. The van der Waals surface area contributed by atoms with Gasteiger partial charge in [-0.25, -0.2) is 4.79 Å². The Morgan fingerprint density at radius 2 is 1.56 bits per heavy atom. The van der Waals surface area contributed by atoms with Gasteiger partial charge in [-0.3, -0.25) is 4.79 Å². The van der Waals surface area contributed by atoms with E-state index in [9.17, 15) is 35.1 Å². The second-order valence-electron chi connectivity index (χ2n) is 21.4. The lowest BCUT2D eigenvalue weighted by Gasteiger charge is -2.54. The Morgan fingerprint density at radius 3 is 2.31 bits per heavy atom. The summed E-state index contributed by atoms with van der Waals surface area (Å²) in [5.41, 5.74) is 0. The highest BCUT2D eigenvalue weighted by Gasteiger charge is 2.61. The molecule has 0 aromatic carbocycles. The third-order valence-corrected chi connectivity index (χ3v) is 16.6. The average molecular weight is 1010 g/mol. The van der Waals surface area contributed by atoms with E-state index in [4.69, 9.17) is 59.3 Å². The average Bonchev–Trinajstić information content (AvgIpc) is 3.66. The van der Waals surface area contributed by atoms with Gasteiger partial charge in [-0.15, -0.1) is 11.6 Å². The topological polar surface area (TPSA) is 239 Å². The number of aliphatic carboxylic acids is 1. The number of allylic oxidation sites excluding steroid dienone is 2. The minimum absolute atomic E-state index is 0.0103. The molecule has 70 heavy (non-hydrogen) atoms. The summed E-state index contributed by atoms with van der Waals surface area (Å²) in [5, 5.41) is 64.3. The third kappa shape index (κ3) is 13.6. The van der Waals surface area contributed by atoms with Gasteiger partial charge in [0.1, 0.15) is 24.4 Å². The summed E-state index contributed by atoms with van der Waals surface area (Å²) in [6, 6.07) is 0. The zero-order chi connectivity index (χ0) is 50.4. The summed E-state index contributed by atoms with van der Waals surface area (Å²) in [7, 11) is 3.17. The molecule has 0 aromatic heterocycles. The molecule has 0 saturated carbocycles. The number of carbonyl (C=O) groups excluding carboxylic acids is 1. The van der Waals surface area contributed by atoms with E-state index in [1.807, 2.05) is 38.2 Å². The normalized spacial score (nSPS) is 46.2. The zero-order valence-corrected chi connectivity index (χ0v) is 42.4. The van der Waals surface area contributed by atoms with Gasteiger partial charge in [0.25, 0.3) is 0 Å². The Kier molecular flexibility index (Phi) is 19.5. The van der Waals surface area contributed by atoms with Gasteiger partial charge < -0.3 is 73.3 Å². The van der Waals surface area contributed by atoms with Gasteiger partial charge in [0, 0.05) is 64.6 Å². The summed E-state index contributed by atoms with van der Waals surface area (Å²) >= 11 is 7.14. The number of halogens is 1.